The van der Waals surface area contributed by atoms with Crippen LogP contribution in [0, 0.1) is 23.3 Å². The number of carbonyl (C=O) groups excluding carboxylic acids is 2. The van der Waals surface area contributed by atoms with E-state index in [2.05, 4.69) is 0 Å². The molecule has 0 saturated carbocycles. The summed E-state index contributed by atoms with van der Waals surface area (Å²) in [6.07, 6.45) is 10.1. The van der Waals surface area contributed by atoms with E-state index in [1.807, 2.05) is 0 Å². The molecular weight excluding hydrogens is 687 g/mol. The molecule has 47 heavy (non-hydrogen) atoms. The van der Waals surface area contributed by atoms with Gasteiger partial charge in [0.05, 0.1) is 0 Å². The number of anilines is 2. The van der Waals surface area contributed by atoms with Gasteiger partial charge < -0.3 is 0 Å². The molecular formula is C36H24Cl2F4N2O2Ti. The van der Waals surface area contributed by atoms with E-state index in [0.29, 0.717) is 17.8 Å². The Kier molecular flexibility index (Phi) is 8.89. The van der Waals surface area contributed by atoms with Gasteiger partial charge >= 0.3 is 282 Å². The first-order chi connectivity index (χ1) is 22.5. The normalized spacial score (nSPS) is 14.0. The fourth-order valence-corrected chi connectivity index (χ4v) is 14.8. The Morgan fingerprint density at radius 1 is 0.617 bits per heavy atom. The number of ketones is 2. The number of hydrogen-bond donors (Lipinski definition) is 2. The second-order valence-corrected chi connectivity index (χ2v) is 17.9. The Labute approximate surface area is 281 Å². The van der Waals surface area contributed by atoms with Gasteiger partial charge in [0.1, 0.15) is 0 Å². The van der Waals surface area contributed by atoms with Gasteiger partial charge in [0.25, 0.3) is 0 Å². The van der Waals surface area contributed by atoms with Crippen molar-refractivity contribution in [2.75, 3.05) is 11.5 Å². The molecule has 0 radical (unpaired) electrons. The molecule has 4 nitrogen and oxygen atoms in total. The van der Waals surface area contributed by atoms with E-state index in [-0.39, 0.29) is 24.0 Å². The summed E-state index contributed by atoms with van der Waals surface area (Å²) in [7, 11) is 0. The second kappa shape index (κ2) is 12.8. The summed E-state index contributed by atoms with van der Waals surface area (Å²) in [5.41, 5.74) is 9.92. The molecule has 0 atom stereocenters. The molecule has 4 aromatic carbocycles. The SMILES string of the molecule is Nc1cc(F)[c]([Ti]([C]2=CC=CC2)([C]2=CC=CC2)[c]2c(F)cc(N)c(C(=O)c3ccc(Cl)cc3)c2F)c(F)c1C(=O)c1ccc(Cl)cc1. The van der Waals surface area contributed by atoms with E-state index in [1.165, 1.54) is 48.5 Å². The zero-order valence-electron chi connectivity index (χ0n) is 24.4. The van der Waals surface area contributed by atoms with Crippen LogP contribution in [-0.4, -0.2) is 11.6 Å². The average Bonchev–Trinajstić information content (AvgIpc) is 3.76. The first-order valence-corrected chi connectivity index (χ1v) is 18.2. The standard InChI is InChI=1S/2C13H7ClF2NO.2C5H5.Ti/c2*14-8-3-1-7(2-4-8)13(18)12-10(16)5-9(15)6-11(12)17;2*1-2-4-5-3-1;/h2*1-4,6H,17H2;2*1-3H,4H2;. The molecule has 0 aliphatic heterocycles. The minimum absolute atomic E-state index is 0.0137. The summed E-state index contributed by atoms with van der Waals surface area (Å²) in [6.45, 7) is 0. The average molecular weight is 711 g/mol. The Bertz CT molecular complexity index is 1960. The molecule has 0 fully saturated rings. The van der Waals surface area contributed by atoms with E-state index < -0.39 is 81.7 Å². The van der Waals surface area contributed by atoms with E-state index >= 15 is 17.6 Å². The van der Waals surface area contributed by atoms with Crippen molar-refractivity contribution < 1.29 is 43.7 Å². The van der Waals surface area contributed by atoms with Gasteiger partial charge in [0.15, 0.2) is 0 Å². The summed E-state index contributed by atoms with van der Waals surface area (Å²) in [5, 5.41) is 0.645. The molecule has 0 spiro atoms. The summed E-state index contributed by atoms with van der Waals surface area (Å²) >= 11 is 6.51. The van der Waals surface area contributed by atoms with E-state index in [9.17, 15) is 9.59 Å². The predicted octanol–water partition coefficient (Wildman–Crippen LogP) is 7.97. The first-order valence-electron chi connectivity index (χ1n) is 14.4. The molecule has 11 heteroatoms. The third-order valence-corrected chi connectivity index (χ3v) is 16.9. The van der Waals surface area contributed by atoms with Gasteiger partial charge in [-0.3, -0.25) is 0 Å². The zero-order chi connectivity index (χ0) is 33.6. The first kappa shape index (κ1) is 32.7. The summed E-state index contributed by atoms with van der Waals surface area (Å²) < 4.78 is 67.0. The maximum absolute atomic E-state index is 17.2. The van der Waals surface area contributed by atoms with Gasteiger partial charge in [0, 0.05) is 0 Å². The molecule has 4 aromatic rings. The third-order valence-electron chi connectivity index (χ3n) is 8.42. The van der Waals surface area contributed by atoms with Crippen molar-refractivity contribution in [2.24, 2.45) is 0 Å². The number of benzene rings is 4. The number of rotatable bonds is 8. The van der Waals surface area contributed by atoms with E-state index in [1.54, 1.807) is 36.5 Å². The molecule has 0 saturated heterocycles. The monoisotopic (exact) mass is 710 g/mol. The molecule has 0 aromatic heterocycles. The third kappa shape index (κ3) is 5.49. The molecule has 2 aliphatic rings. The van der Waals surface area contributed by atoms with Crippen LogP contribution >= 0.6 is 23.2 Å². The van der Waals surface area contributed by atoms with Crippen LogP contribution in [0.25, 0.3) is 0 Å². The van der Waals surface area contributed by atoms with Gasteiger partial charge in [-0.05, 0) is 0 Å². The van der Waals surface area contributed by atoms with Crippen molar-refractivity contribution in [1.29, 1.82) is 0 Å². The van der Waals surface area contributed by atoms with E-state index in [4.69, 9.17) is 34.7 Å². The molecule has 0 bridgehead atoms. The van der Waals surface area contributed by atoms with Gasteiger partial charge in [-0.15, -0.1) is 0 Å². The number of hydrogen-bond acceptors (Lipinski definition) is 4. The van der Waals surface area contributed by atoms with Crippen molar-refractivity contribution in [2.45, 2.75) is 12.8 Å². The zero-order valence-corrected chi connectivity index (χ0v) is 27.5. The molecule has 236 valence electrons. The number of carbonyl (C=O) groups is 2. The number of allylic oxidation sites excluding steroid dienone is 8. The number of nitrogen functional groups attached to an aromatic ring is 2. The van der Waals surface area contributed by atoms with Crippen LogP contribution in [0.1, 0.15) is 44.7 Å². The van der Waals surface area contributed by atoms with Crippen molar-refractivity contribution in [3.8, 4) is 0 Å². The van der Waals surface area contributed by atoms with Crippen LogP contribution in [0.2, 0.25) is 10.0 Å². The topological polar surface area (TPSA) is 86.2 Å². The molecule has 6 rings (SSSR count). The molecule has 0 unspecified atom stereocenters. The van der Waals surface area contributed by atoms with Crippen molar-refractivity contribution in [1.82, 2.24) is 0 Å². The van der Waals surface area contributed by atoms with Crippen molar-refractivity contribution in [3.05, 3.63) is 160 Å². The Balaban J connectivity index is 1.72. The van der Waals surface area contributed by atoms with Crippen LogP contribution in [0.5, 0.6) is 0 Å². The second-order valence-electron chi connectivity index (χ2n) is 11.1. The summed E-state index contributed by atoms with van der Waals surface area (Å²) in [6, 6.07) is 12.8. The Morgan fingerprint density at radius 2 is 0.979 bits per heavy atom. The molecule has 2 aliphatic carbocycles. The van der Waals surface area contributed by atoms with Gasteiger partial charge in [0.2, 0.25) is 0 Å². The van der Waals surface area contributed by atoms with Gasteiger partial charge in [-0.2, -0.15) is 0 Å². The van der Waals surface area contributed by atoms with Crippen molar-refractivity contribution in [3.63, 3.8) is 0 Å². The van der Waals surface area contributed by atoms with Crippen molar-refractivity contribution >= 4 is 53.9 Å². The van der Waals surface area contributed by atoms with Crippen LogP contribution in [0.15, 0.2) is 105 Å². The molecule has 4 N–H and O–H groups in total. The molecule has 0 heterocycles. The van der Waals surface area contributed by atoms with Gasteiger partial charge in [-0.1, -0.05) is 0 Å². The summed E-state index contributed by atoms with van der Waals surface area (Å²) in [4.78, 5) is 27.5. The van der Waals surface area contributed by atoms with Crippen LogP contribution in [0.4, 0.5) is 28.9 Å². The fraction of sp³-hybridized carbons (Fsp3) is 0.0556. The fourth-order valence-electron chi connectivity index (χ4n) is 6.34. The summed E-state index contributed by atoms with van der Waals surface area (Å²) in [5.74, 6) is -6.75. The predicted molar refractivity (Wildman–Crippen MR) is 174 cm³/mol. The Morgan fingerprint density at radius 3 is 1.30 bits per heavy atom. The Hall–Kier alpha value is -4.21. The number of nitrogens with two attached hydrogens (primary N) is 2. The minimum atomic E-state index is -5.45. The van der Waals surface area contributed by atoms with E-state index in [0.717, 1.165) is 12.1 Å². The van der Waals surface area contributed by atoms with Crippen LogP contribution in [-0.2, 0) is 16.6 Å². The van der Waals surface area contributed by atoms with Gasteiger partial charge in [-0.25, -0.2) is 0 Å². The quantitative estimate of drug-likeness (QED) is 0.0841. The maximum atomic E-state index is 17.2. The van der Waals surface area contributed by atoms with Crippen LogP contribution in [0.3, 0.4) is 0 Å². The molecule has 0 amide bonds. The van der Waals surface area contributed by atoms with Crippen LogP contribution < -0.4 is 19.2 Å². The number of halogens is 6.